The van der Waals surface area contributed by atoms with Crippen LogP contribution in [0.2, 0.25) is 0 Å². The molecule has 0 saturated carbocycles. The Balaban J connectivity index is 1.22. The quantitative estimate of drug-likeness (QED) is 0.347. The highest BCUT2D eigenvalue weighted by Gasteiger charge is 2.50. The molecule has 0 amide bonds. The largest absolute Gasteiger partial charge is 0.461 e. The number of anilines is 1. The molecule has 4 aromatic rings. The Hall–Kier alpha value is -3.43. The van der Waals surface area contributed by atoms with Gasteiger partial charge in [0.05, 0.1) is 10.9 Å². The summed E-state index contributed by atoms with van der Waals surface area (Å²) < 4.78 is 36.6. The van der Waals surface area contributed by atoms with Crippen LogP contribution in [0.15, 0.2) is 48.7 Å². The fourth-order valence-corrected chi connectivity index (χ4v) is 7.89. The van der Waals surface area contributed by atoms with Crippen molar-refractivity contribution in [1.29, 1.82) is 0 Å². The molecule has 2 aromatic heterocycles. The predicted molar refractivity (Wildman–Crippen MR) is 156 cm³/mol. The van der Waals surface area contributed by atoms with Crippen molar-refractivity contribution in [2.45, 2.75) is 62.2 Å². The highest BCUT2D eigenvalue weighted by Crippen LogP contribution is 2.43. The number of nitrogens with one attached hydrogen (secondary N) is 1. The van der Waals surface area contributed by atoms with Crippen molar-refractivity contribution in [1.82, 2.24) is 25.2 Å². The summed E-state index contributed by atoms with van der Waals surface area (Å²) in [7, 11) is 0. The zero-order valence-corrected chi connectivity index (χ0v) is 23.0. The van der Waals surface area contributed by atoms with E-state index >= 15 is 4.39 Å². The van der Waals surface area contributed by atoms with E-state index in [1.165, 1.54) is 0 Å². The van der Waals surface area contributed by atoms with Crippen LogP contribution < -0.4 is 15.0 Å². The van der Waals surface area contributed by atoms with Gasteiger partial charge in [-0.2, -0.15) is 9.97 Å². The molecule has 0 spiro atoms. The lowest BCUT2D eigenvalue weighted by molar-refractivity contribution is 0.0772. The lowest BCUT2D eigenvalue weighted by Gasteiger charge is -2.35. The number of aromatic nitrogens is 3. The Morgan fingerprint density at radius 1 is 0.976 bits per heavy atom. The smallest absolute Gasteiger partial charge is 0.319 e. The van der Waals surface area contributed by atoms with E-state index in [9.17, 15) is 4.39 Å². The Morgan fingerprint density at radius 2 is 1.80 bits per heavy atom. The summed E-state index contributed by atoms with van der Waals surface area (Å²) >= 11 is 0. The maximum Gasteiger partial charge on any atom is 0.319 e. The predicted octanol–water partition coefficient (Wildman–Crippen LogP) is 5.27. The molecule has 6 heterocycles. The fourth-order valence-electron chi connectivity index (χ4n) is 7.89. The summed E-state index contributed by atoms with van der Waals surface area (Å²) in [6.07, 6.45) is 7.70. The molecular weight excluding hydrogens is 522 g/mol. The third kappa shape index (κ3) is 4.15. The average Bonchev–Trinajstić information content (AvgIpc) is 3.68. The third-order valence-electron chi connectivity index (χ3n) is 9.89. The van der Waals surface area contributed by atoms with Crippen molar-refractivity contribution >= 4 is 27.5 Å². The van der Waals surface area contributed by atoms with E-state index in [4.69, 9.17) is 9.72 Å². The number of fused-ring (bicyclic) bond motifs is 5. The molecular formula is C32H34F2N6O. The third-order valence-corrected chi connectivity index (χ3v) is 9.89. The first kappa shape index (κ1) is 25.3. The Bertz CT molecular complexity index is 1620. The van der Waals surface area contributed by atoms with Crippen LogP contribution in [0.3, 0.4) is 0 Å². The van der Waals surface area contributed by atoms with Gasteiger partial charge in [-0.1, -0.05) is 42.5 Å². The SMILES string of the molecule is FCC1CCC2(COc3nc(N4CC5CCC(C4)N5)c4cnc(-c5cccc6ccccc56)c(F)c4n3)CCCN12. The number of alkyl halides is 1. The minimum absolute atomic E-state index is 0.0442. The Kier molecular flexibility index (Phi) is 6.07. The first-order valence-corrected chi connectivity index (χ1v) is 14.9. The molecule has 8 rings (SSSR count). The van der Waals surface area contributed by atoms with E-state index < -0.39 is 5.82 Å². The number of nitrogens with zero attached hydrogens (tertiary/aromatic N) is 5. The summed E-state index contributed by atoms with van der Waals surface area (Å²) in [5, 5.41) is 6.23. The molecule has 7 nitrogen and oxygen atoms in total. The standard InChI is InChI=1S/C32H34F2N6O/c33-15-23-11-13-32(12-4-14-40(23)32)19-41-31-37-29-26(30(38-31)39-17-21-9-10-22(18-39)36-21)16-35-28(27(29)34)25-8-3-6-20-5-1-2-7-24(20)25/h1-3,5-8,16,21-23,36H,4,9-15,17-19H2. The van der Waals surface area contributed by atoms with E-state index in [2.05, 4.69) is 25.1 Å². The lowest BCUT2D eigenvalue weighted by Crippen LogP contribution is -2.51. The Labute approximate surface area is 237 Å². The van der Waals surface area contributed by atoms with E-state index in [0.29, 0.717) is 29.9 Å². The van der Waals surface area contributed by atoms with Crippen LogP contribution in [0.25, 0.3) is 32.9 Å². The molecule has 1 N–H and O–H groups in total. The first-order valence-electron chi connectivity index (χ1n) is 14.9. The van der Waals surface area contributed by atoms with Gasteiger partial charge in [-0.05, 0) is 55.8 Å². The van der Waals surface area contributed by atoms with Crippen molar-refractivity contribution in [2.75, 3.05) is 37.8 Å². The Morgan fingerprint density at radius 3 is 2.66 bits per heavy atom. The van der Waals surface area contributed by atoms with Gasteiger partial charge in [-0.3, -0.25) is 9.88 Å². The van der Waals surface area contributed by atoms with Gasteiger partial charge in [-0.15, -0.1) is 0 Å². The van der Waals surface area contributed by atoms with Crippen LogP contribution in [0, 0.1) is 5.82 Å². The molecule has 0 aliphatic carbocycles. The van der Waals surface area contributed by atoms with Gasteiger partial charge < -0.3 is 15.0 Å². The highest BCUT2D eigenvalue weighted by atomic mass is 19.1. The zero-order chi connectivity index (χ0) is 27.6. The van der Waals surface area contributed by atoms with E-state index in [1.807, 2.05) is 42.5 Å². The average molecular weight is 557 g/mol. The van der Waals surface area contributed by atoms with Gasteiger partial charge in [0.2, 0.25) is 0 Å². The zero-order valence-electron chi connectivity index (χ0n) is 23.0. The molecule has 41 heavy (non-hydrogen) atoms. The van der Waals surface area contributed by atoms with Crippen LogP contribution in [0.1, 0.15) is 38.5 Å². The maximum atomic E-state index is 16.5. The number of hydrogen-bond acceptors (Lipinski definition) is 7. The number of halogens is 2. The number of piperazine rings is 1. The van der Waals surface area contributed by atoms with Crippen molar-refractivity contribution in [3.05, 3.63) is 54.5 Å². The van der Waals surface area contributed by atoms with Crippen molar-refractivity contribution in [3.8, 4) is 17.3 Å². The second-order valence-corrected chi connectivity index (χ2v) is 12.2. The van der Waals surface area contributed by atoms with Gasteiger partial charge in [-0.25, -0.2) is 8.78 Å². The van der Waals surface area contributed by atoms with Gasteiger partial charge >= 0.3 is 6.01 Å². The molecule has 212 valence electrons. The van der Waals surface area contributed by atoms with Crippen LogP contribution in [0.4, 0.5) is 14.6 Å². The maximum absolute atomic E-state index is 16.5. The summed E-state index contributed by atoms with van der Waals surface area (Å²) in [4.78, 5) is 18.7. The van der Waals surface area contributed by atoms with Crippen molar-refractivity contribution in [2.24, 2.45) is 0 Å². The van der Waals surface area contributed by atoms with Gasteiger partial charge in [0.25, 0.3) is 0 Å². The number of rotatable bonds is 6. The molecule has 4 aliphatic heterocycles. The molecule has 2 aromatic carbocycles. The van der Waals surface area contributed by atoms with Crippen LogP contribution in [-0.2, 0) is 0 Å². The summed E-state index contributed by atoms with van der Waals surface area (Å²) in [5.41, 5.74) is 1.03. The van der Waals surface area contributed by atoms with Crippen LogP contribution >= 0.6 is 0 Å². The number of ether oxygens (including phenoxy) is 1. The number of benzene rings is 2. The van der Waals surface area contributed by atoms with Crippen molar-refractivity contribution < 1.29 is 13.5 Å². The fraction of sp³-hybridized carbons (Fsp3) is 0.469. The lowest BCUT2D eigenvalue weighted by atomic mass is 9.95. The van der Waals surface area contributed by atoms with Gasteiger partial charge in [0.15, 0.2) is 5.82 Å². The van der Waals surface area contributed by atoms with E-state index in [-0.39, 0.29) is 35.5 Å². The number of hydrogen-bond donors (Lipinski definition) is 1. The molecule has 4 aliphatic rings. The minimum atomic E-state index is -0.468. The van der Waals surface area contributed by atoms with E-state index in [0.717, 1.165) is 74.5 Å². The highest BCUT2D eigenvalue weighted by molar-refractivity contribution is 5.99. The monoisotopic (exact) mass is 556 g/mol. The molecule has 4 atom stereocenters. The molecule has 0 radical (unpaired) electrons. The van der Waals surface area contributed by atoms with Crippen molar-refractivity contribution in [3.63, 3.8) is 0 Å². The van der Waals surface area contributed by atoms with Gasteiger partial charge in [0, 0.05) is 43.0 Å². The molecule has 9 heteroatoms. The van der Waals surface area contributed by atoms with Gasteiger partial charge in [0.1, 0.15) is 30.3 Å². The molecule has 4 fully saturated rings. The second-order valence-electron chi connectivity index (χ2n) is 12.2. The summed E-state index contributed by atoms with van der Waals surface area (Å²) in [6.45, 7) is 2.53. The van der Waals surface area contributed by atoms with Crippen LogP contribution in [0.5, 0.6) is 6.01 Å². The minimum Gasteiger partial charge on any atom is -0.461 e. The van der Waals surface area contributed by atoms with Crippen LogP contribution in [-0.4, -0.2) is 76.4 Å². The topological polar surface area (TPSA) is 66.4 Å². The first-order chi connectivity index (χ1) is 20.1. The second kappa shape index (κ2) is 9.84. The molecule has 2 bridgehead atoms. The number of pyridine rings is 1. The normalized spacial score (nSPS) is 27.7. The molecule has 4 unspecified atom stereocenters. The summed E-state index contributed by atoms with van der Waals surface area (Å²) in [5.74, 6) is 0.206. The van der Waals surface area contributed by atoms with E-state index in [1.54, 1.807) is 6.20 Å². The molecule has 4 saturated heterocycles. The summed E-state index contributed by atoms with van der Waals surface area (Å²) in [6, 6.07) is 14.7.